The molecule has 0 unspecified atom stereocenters. The SMILES string of the molecule is COc1ccc(NC(=O)[C@@H](C)OC(=O)CCC(=O)c2ccccc2)c([N+](=O)[O-])c1. The second-order valence-corrected chi connectivity index (χ2v) is 6.05. The number of ether oxygens (including phenoxy) is 2. The fourth-order valence-electron chi connectivity index (χ4n) is 2.42. The Morgan fingerprint density at radius 3 is 2.41 bits per heavy atom. The minimum atomic E-state index is -1.20. The van der Waals surface area contributed by atoms with Crippen molar-refractivity contribution in [1.29, 1.82) is 0 Å². The molecule has 0 heterocycles. The lowest BCUT2D eigenvalue weighted by Crippen LogP contribution is -2.30. The van der Waals surface area contributed by atoms with Gasteiger partial charge in [0.2, 0.25) is 0 Å². The maximum Gasteiger partial charge on any atom is 0.307 e. The number of methoxy groups -OCH3 is 1. The quantitative estimate of drug-likeness (QED) is 0.297. The van der Waals surface area contributed by atoms with Crippen LogP contribution in [-0.2, 0) is 14.3 Å². The molecule has 2 aromatic rings. The maximum atomic E-state index is 12.2. The van der Waals surface area contributed by atoms with Gasteiger partial charge in [-0.15, -0.1) is 0 Å². The van der Waals surface area contributed by atoms with Crippen molar-refractivity contribution in [1.82, 2.24) is 0 Å². The summed E-state index contributed by atoms with van der Waals surface area (Å²) in [4.78, 5) is 46.7. The lowest BCUT2D eigenvalue weighted by atomic mass is 10.1. The Balaban J connectivity index is 1.91. The van der Waals surface area contributed by atoms with Crippen molar-refractivity contribution in [2.24, 2.45) is 0 Å². The second-order valence-electron chi connectivity index (χ2n) is 6.05. The molecule has 2 aromatic carbocycles. The number of nitrogens with one attached hydrogen (secondary N) is 1. The Kier molecular flexibility index (Phi) is 7.41. The van der Waals surface area contributed by atoms with Crippen molar-refractivity contribution < 1.29 is 28.8 Å². The largest absolute Gasteiger partial charge is 0.496 e. The number of nitro groups is 1. The molecule has 0 fully saturated rings. The summed E-state index contributed by atoms with van der Waals surface area (Å²) in [5, 5.41) is 13.5. The van der Waals surface area contributed by atoms with Crippen molar-refractivity contribution in [3.63, 3.8) is 0 Å². The molecular formula is C20H20N2O7. The van der Waals surface area contributed by atoms with E-state index in [9.17, 15) is 24.5 Å². The van der Waals surface area contributed by atoms with E-state index < -0.39 is 22.9 Å². The van der Waals surface area contributed by atoms with Crippen LogP contribution in [0.1, 0.15) is 30.1 Å². The lowest BCUT2D eigenvalue weighted by molar-refractivity contribution is -0.384. The molecular weight excluding hydrogens is 380 g/mol. The number of Topliss-reactive ketones (excluding diaryl/α,β-unsaturated/α-hetero) is 1. The first kappa shape index (κ1) is 21.5. The average molecular weight is 400 g/mol. The Hall–Kier alpha value is -3.75. The van der Waals surface area contributed by atoms with E-state index in [0.29, 0.717) is 5.56 Å². The van der Waals surface area contributed by atoms with E-state index >= 15 is 0 Å². The number of ketones is 1. The van der Waals surface area contributed by atoms with Gasteiger partial charge < -0.3 is 14.8 Å². The summed E-state index contributed by atoms with van der Waals surface area (Å²) in [6.07, 6.45) is -1.44. The van der Waals surface area contributed by atoms with Gasteiger partial charge in [0.1, 0.15) is 11.4 Å². The van der Waals surface area contributed by atoms with E-state index in [1.54, 1.807) is 30.3 Å². The van der Waals surface area contributed by atoms with Gasteiger partial charge in [-0.05, 0) is 19.1 Å². The fourth-order valence-corrected chi connectivity index (χ4v) is 2.42. The van der Waals surface area contributed by atoms with Crippen LogP contribution in [0, 0.1) is 10.1 Å². The summed E-state index contributed by atoms with van der Waals surface area (Å²) >= 11 is 0. The van der Waals surface area contributed by atoms with Gasteiger partial charge in [-0.2, -0.15) is 0 Å². The molecule has 0 aromatic heterocycles. The fraction of sp³-hybridized carbons (Fsp3) is 0.250. The Morgan fingerprint density at radius 1 is 1.10 bits per heavy atom. The molecule has 2 rings (SSSR count). The van der Waals surface area contributed by atoms with E-state index in [1.807, 2.05) is 0 Å². The summed E-state index contributed by atoms with van der Waals surface area (Å²) in [5.74, 6) is -1.41. The maximum absolute atomic E-state index is 12.2. The minimum absolute atomic E-state index is 0.0528. The molecule has 152 valence electrons. The van der Waals surface area contributed by atoms with Gasteiger partial charge in [0.05, 0.1) is 24.5 Å². The normalized spacial score (nSPS) is 11.2. The van der Waals surface area contributed by atoms with E-state index in [4.69, 9.17) is 9.47 Å². The predicted molar refractivity (Wildman–Crippen MR) is 104 cm³/mol. The summed E-state index contributed by atoms with van der Waals surface area (Å²) < 4.78 is 9.95. The lowest BCUT2D eigenvalue weighted by Gasteiger charge is -2.14. The Morgan fingerprint density at radius 2 is 1.79 bits per heavy atom. The molecule has 1 amide bonds. The highest BCUT2D eigenvalue weighted by Crippen LogP contribution is 2.29. The molecule has 29 heavy (non-hydrogen) atoms. The molecule has 0 aliphatic carbocycles. The van der Waals surface area contributed by atoms with Gasteiger partial charge in [-0.1, -0.05) is 30.3 Å². The van der Waals surface area contributed by atoms with Gasteiger partial charge in [0.25, 0.3) is 11.6 Å². The number of carbonyl (C=O) groups is 3. The number of anilines is 1. The molecule has 0 spiro atoms. The third kappa shape index (κ3) is 6.13. The van der Waals surface area contributed by atoms with Crippen LogP contribution >= 0.6 is 0 Å². The van der Waals surface area contributed by atoms with Crippen molar-refractivity contribution in [2.75, 3.05) is 12.4 Å². The first-order valence-electron chi connectivity index (χ1n) is 8.73. The van der Waals surface area contributed by atoms with Crippen LogP contribution in [0.4, 0.5) is 11.4 Å². The van der Waals surface area contributed by atoms with E-state index in [0.717, 1.165) is 0 Å². The number of nitrogens with zero attached hydrogens (tertiary/aromatic N) is 1. The number of hydrogen-bond acceptors (Lipinski definition) is 7. The number of nitro benzene ring substituents is 1. The summed E-state index contributed by atoms with van der Waals surface area (Å²) in [6, 6.07) is 12.4. The number of rotatable bonds is 9. The zero-order chi connectivity index (χ0) is 21.4. The van der Waals surface area contributed by atoms with E-state index in [1.165, 1.54) is 32.2 Å². The van der Waals surface area contributed by atoms with E-state index in [2.05, 4.69) is 5.32 Å². The summed E-state index contributed by atoms with van der Waals surface area (Å²) in [6.45, 7) is 1.33. The molecule has 0 radical (unpaired) electrons. The molecule has 1 N–H and O–H groups in total. The highest BCUT2D eigenvalue weighted by molar-refractivity contribution is 5.99. The summed E-state index contributed by atoms with van der Waals surface area (Å²) in [7, 11) is 1.36. The van der Waals surface area contributed by atoms with Crippen LogP contribution in [0.25, 0.3) is 0 Å². The van der Waals surface area contributed by atoms with Crippen LogP contribution < -0.4 is 10.1 Å². The van der Waals surface area contributed by atoms with E-state index in [-0.39, 0.29) is 35.7 Å². The van der Waals surface area contributed by atoms with Crippen molar-refractivity contribution in [2.45, 2.75) is 25.9 Å². The molecule has 0 aliphatic heterocycles. The minimum Gasteiger partial charge on any atom is -0.496 e. The van der Waals surface area contributed by atoms with Crippen molar-refractivity contribution in [3.05, 3.63) is 64.2 Å². The van der Waals surface area contributed by atoms with Gasteiger partial charge in [0, 0.05) is 12.0 Å². The Labute approximate surface area is 166 Å². The van der Waals surface area contributed by atoms with Gasteiger partial charge in [-0.3, -0.25) is 24.5 Å². The molecule has 0 saturated heterocycles. The van der Waals surface area contributed by atoms with Crippen LogP contribution in [0.5, 0.6) is 5.75 Å². The zero-order valence-corrected chi connectivity index (χ0v) is 15.9. The molecule has 9 heteroatoms. The van der Waals surface area contributed by atoms with Gasteiger partial charge >= 0.3 is 5.97 Å². The molecule has 0 bridgehead atoms. The predicted octanol–water partition coefficient (Wildman–Crippen LogP) is 3.14. The average Bonchev–Trinajstić information content (AvgIpc) is 2.72. The number of hydrogen-bond donors (Lipinski definition) is 1. The standard InChI is InChI=1S/C20H20N2O7/c1-13(29-19(24)11-10-18(23)14-6-4-3-5-7-14)20(25)21-16-9-8-15(28-2)12-17(16)22(26)27/h3-9,12-13H,10-11H2,1-2H3,(H,21,25)/t13-/m1/s1. The first-order chi connectivity index (χ1) is 13.8. The number of amides is 1. The van der Waals surface area contributed by atoms with Gasteiger partial charge in [0.15, 0.2) is 11.9 Å². The number of carbonyl (C=O) groups excluding carboxylic acids is 3. The summed E-state index contributed by atoms with van der Waals surface area (Å²) in [5.41, 5.74) is 0.0746. The molecule has 0 saturated carbocycles. The smallest absolute Gasteiger partial charge is 0.307 e. The van der Waals surface area contributed by atoms with Crippen molar-refractivity contribution >= 4 is 29.0 Å². The zero-order valence-electron chi connectivity index (χ0n) is 15.9. The highest BCUT2D eigenvalue weighted by Gasteiger charge is 2.23. The van der Waals surface area contributed by atoms with Crippen LogP contribution in [0.3, 0.4) is 0 Å². The van der Waals surface area contributed by atoms with Crippen LogP contribution in [0.15, 0.2) is 48.5 Å². The highest BCUT2D eigenvalue weighted by atomic mass is 16.6. The third-order valence-corrected chi connectivity index (χ3v) is 3.99. The molecule has 1 atom stereocenters. The van der Waals surface area contributed by atoms with Crippen LogP contribution in [0.2, 0.25) is 0 Å². The topological polar surface area (TPSA) is 125 Å². The van der Waals surface area contributed by atoms with Gasteiger partial charge in [-0.25, -0.2) is 0 Å². The number of esters is 1. The van der Waals surface area contributed by atoms with Crippen LogP contribution in [-0.4, -0.2) is 35.8 Å². The van der Waals surface area contributed by atoms with Crippen molar-refractivity contribution in [3.8, 4) is 5.75 Å². The molecule has 9 nitrogen and oxygen atoms in total. The molecule has 0 aliphatic rings. The number of benzene rings is 2. The Bertz CT molecular complexity index is 912. The second kappa shape index (κ2) is 9.98. The first-order valence-corrected chi connectivity index (χ1v) is 8.73. The third-order valence-electron chi connectivity index (χ3n) is 3.99. The monoisotopic (exact) mass is 400 g/mol.